The molecule has 0 spiro atoms. The quantitative estimate of drug-likeness (QED) is 0.0305. The van der Waals surface area contributed by atoms with Gasteiger partial charge in [-0.15, -0.1) is 0 Å². The van der Waals surface area contributed by atoms with Gasteiger partial charge in [0.15, 0.2) is 0 Å². The van der Waals surface area contributed by atoms with Crippen molar-refractivity contribution in [3.63, 3.8) is 0 Å². The third-order valence-corrected chi connectivity index (χ3v) is 9.23. The Morgan fingerprint density at radius 1 is 0.571 bits per heavy atom. The van der Waals surface area contributed by atoms with Gasteiger partial charge < -0.3 is 35.2 Å². The number of rotatable bonds is 38. The molecule has 0 rings (SSSR count). The minimum atomic E-state index is -4.51. The van der Waals surface area contributed by atoms with Crippen LogP contribution in [-0.4, -0.2) is 71.1 Å². The number of aliphatic hydroxyl groups is 1. The van der Waals surface area contributed by atoms with E-state index in [1.54, 1.807) is 0 Å². The van der Waals surface area contributed by atoms with E-state index >= 15 is 0 Å². The molecular weight excluding hydrogens is 645 g/mol. The molecule has 0 aliphatic carbocycles. The smallest absolute Gasteiger partial charge is 0.469 e. The van der Waals surface area contributed by atoms with Gasteiger partial charge in [0.2, 0.25) is 0 Å². The maximum absolute atomic E-state index is 11.1. The molecule has 49 heavy (non-hydrogen) atoms. The molecule has 0 aliphatic rings. The highest BCUT2D eigenvalue weighted by atomic mass is 31.2. The average molecular weight is 726 g/mol. The van der Waals surface area contributed by atoms with Crippen LogP contribution < -0.4 is 5.73 Å². The van der Waals surface area contributed by atoms with Crippen LogP contribution >= 0.6 is 7.82 Å². The normalized spacial score (nSPS) is 12.9. The molecule has 0 radical (unpaired) electrons. The van der Waals surface area contributed by atoms with Crippen molar-refractivity contribution in [3.8, 4) is 0 Å². The van der Waals surface area contributed by atoms with Crippen LogP contribution in [0.3, 0.4) is 0 Å². The van der Waals surface area contributed by atoms with Crippen LogP contribution in [-0.2, 0) is 23.4 Å². The van der Waals surface area contributed by atoms with Gasteiger partial charge in [0.1, 0.15) is 12.1 Å². The van der Waals surface area contributed by atoms with Crippen molar-refractivity contribution >= 4 is 13.8 Å². The number of carboxylic acid groups (broad SMARTS) is 1. The molecule has 0 unspecified atom stereocenters. The lowest BCUT2D eigenvalue weighted by Crippen LogP contribution is -2.33. The van der Waals surface area contributed by atoms with Crippen molar-refractivity contribution in [2.75, 3.05) is 33.0 Å². The Labute approximate surface area is 301 Å². The van der Waals surface area contributed by atoms with Crippen LogP contribution in [0.25, 0.3) is 0 Å². The second kappa shape index (κ2) is 40.2. The fourth-order valence-electron chi connectivity index (χ4n) is 5.56. The molecule has 0 aromatic carbocycles. The molecule has 0 heterocycles. The SMILES string of the molecule is CCCCCCCCCCCCCCCCOC[C@H](COP(=O)(O)O)OCCCCCCCCCCCCCCCC.N[C@@H](CO)C(=O)O. The van der Waals surface area contributed by atoms with Gasteiger partial charge >= 0.3 is 13.8 Å². The number of nitrogens with two attached hydrogens (primary N) is 1. The Bertz CT molecular complexity index is 711. The molecule has 2 atom stereocenters. The minimum Gasteiger partial charge on any atom is -0.480 e. The maximum Gasteiger partial charge on any atom is 0.469 e. The molecule has 0 fully saturated rings. The van der Waals surface area contributed by atoms with Gasteiger partial charge in [-0.1, -0.05) is 181 Å². The molecule has 11 heteroatoms. The van der Waals surface area contributed by atoms with Crippen LogP contribution in [0.2, 0.25) is 0 Å². The molecule has 0 amide bonds. The number of aliphatic hydroxyl groups excluding tert-OH is 1. The van der Waals surface area contributed by atoms with Gasteiger partial charge in [0.25, 0.3) is 0 Å². The van der Waals surface area contributed by atoms with E-state index in [-0.39, 0.29) is 6.61 Å². The summed E-state index contributed by atoms with van der Waals surface area (Å²) in [6.45, 7) is 5.46. The number of unbranched alkanes of at least 4 members (excludes halogenated alkanes) is 26. The summed E-state index contributed by atoms with van der Waals surface area (Å²) < 4.78 is 27.5. The van der Waals surface area contributed by atoms with E-state index in [1.165, 1.54) is 161 Å². The molecule has 6 N–H and O–H groups in total. The Morgan fingerprint density at radius 3 is 1.18 bits per heavy atom. The van der Waals surface area contributed by atoms with E-state index in [0.717, 1.165) is 19.3 Å². The highest BCUT2D eigenvalue weighted by Crippen LogP contribution is 2.35. The molecule has 0 saturated carbocycles. The van der Waals surface area contributed by atoms with Gasteiger partial charge in [-0.2, -0.15) is 0 Å². The molecule has 0 aromatic rings. The van der Waals surface area contributed by atoms with Crippen molar-refractivity contribution in [2.45, 2.75) is 206 Å². The van der Waals surface area contributed by atoms with E-state index < -0.39 is 32.5 Å². The Morgan fingerprint density at radius 2 is 0.898 bits per heavy atom. The lowest BCUT2D eigenvalue weighted by Gasteiger charge is -2.18. The van der Waals surface area contributed by atoms with Crippen LogP contribution in [0.5, 0.6) is 0 Å². The number of ether oxygens (including phenoxy) is 2. The molecular formula is C38H80NO9P. The van der Waals surface area contributed by atoms with Gasteiger partial charge in [0, 0.05) is 13.2 Å². The fourth-order valence-corrected chi connectivity index (χ4v) is 5.92. The lowest BCUT2D eigenvalue weighted by atomic mass is 10.0. The standard InChI is InChI=1S/C35H73O6P.C3H7NO3/c1-3-5-7-9-11-13-15-17-19-21-23-25-27-29-31-39-33-35(34-41-42(36,37)38)40-32-30-28-26-24-22-20-18-16-14-12-10-8-6-4-2;4-2(1-5)3(6)7/h35H,3-34H2,1-2H3,(H2,36,37,38);2,5H,1,4H2,(H,6,7)/t35-;2-/m10/s1. The molecule has 0 aromatic heterocycles. The van der Waals surface area contributed by atoms with Gasteiger partial charge in [-0.05, 0) is 12.8 Å². The third kappa shape index (κ3) is 45.4. The number of hydrogen-bond acceptors (Lipinski definition) is 7. The highest BCUT2D eigenvalue weighted by Gasteiger charge is 2.19. The summed E-state index contributed by atoms with van der Waals surface area (Å²) in [4.78, 5) is 27.8. The zero-order chi connectivity index (χ0) is 36.7. The third-order valence-electron chi connectivity index (χ3n) is 8.74. The Kier molecular flexibility index (Phi) is 41.4. The van der Waals surface area contributed by atoms with E-state index in [4.69, 9.17) is 39.7 Å². The molecule has 10 nitrogen and oxygen atoms in total. The maximum atomic E-state index is 11.1. The van der Waals surface area contributed by atoms with Crippen LogP contribution in [0, 0.1) is 0 Å². The molecule has 0 saturated heterocycles. The first-order valence-corrected chi connectivity index (χ1v) is 21.7. The van der Waals surface area contributed by atoms with E-state index in [1.807, 2.05) is 0 Å². The minimum absolute atomic E-state index is 0.137. The summed E-state index contributed by atoms with van der Waals surface area (Å²) in [5, 5.41) is 15.9. The molecule has 296 valence electrons. The Balaban J connectivity index is 0. The van der Waals surface area contributed by atoms with E-state index in [0.29, 0.717) is 19.8 Å². The van der Waals surface area contributed by atoms with Gasteiger partial charge in [0.05, 0.1) is 19.8 Å². The first-order chi connectivity index (χ1) is 23.7. The van der Waals surface area contributed by atoms with Crippen molar-refractivity contribution in [2.24, 2.45) is 5.73 Å². The van der Waals surface area contributed by atoms with Crippen LogP contribution in [0.1, 0.15) is 194 Å². The largest absolute Gasteiger partial charge is 0.480 e. The topological polar surface area (TPSA) is 169 Å². The molecule has 0 bridgehead atoms. The van der Waals surface area contributed by atoms with Crippen molar-refractivity contribution in [3.05, 3.63) is 0 Å². The van der Waals surface area contributed by atoms with Crippen LogP contribution in [0.4, 0.5) is 0 Å². The average Bonchev–Trinajstić information content (AvgIpc) is 3.07. The van der Waals surface area contributed by atoms with Crippen molar-refractivity contribution in [1.29, 1.82) is 0 Å². The second-order valence-electron chi connectivity index (χ2n) is 13.7. The lowest BCUT2D eigenvalue weighted by molar-refractivity contribution is -0.139. The first-order valence-electron chi connectivity index (χ1n) is 20.2. The number of carbonyl (C=O) groups is 1. The predicted octanol–water partition coefficient (Wildman–Crippen LogP) is 9.85. The summed E-state index contributed by atoms with van der Waals surface area (Å²) in [7, 11) is -4.51. The zero-order valence-electron chi connectivity index (χ0n) is 31.8. The number of phosphoric ester groups is 1. The van der Waals surface area contributed by atoms with Crippen molar-refractivity contribution in [1.82, 2.24) is 0 Å². The highest BCUT2D eigenvalue weighted by molar-refractivity contribution is 7.46. The summed E-state index contributed by atoms with van der Waals surface area (Å²) in [5.41, 5.74) is 4.77. The number of hydrogen-bond donors (Lipinski definition) is 5. The predicted molar refractivity (Wildman–Crippen MR) is 202 cm³/mol. The first kappa shape index (κ1) is 50.5. The Hall–Kier alpha value is -0.580. The van der Waals surface area contributed by atoms with Gasteiger partial charge in [-0.3, -0.25) is 9.32 Å². The zero-order valence-corrected chi connectivity index (χ0v) is 32.7. The van der Waals surface area contributed by atoms with E-state index in [9.17, 15) is 9.36 Å². The van der Waals surface area contributed by atoms with E-state index in [2.05, 4.69) is 13.8 Å². The number of aliphatic carboxylic acids is 1. The molecule has 0 aliphatic heterocycles. The summed E-state index contributed by atoms with van der Waals surface area (Å²) >= 11 is 0. The fraction of sp³-hybridized carbons (Fsp3) is 0.974. The summed E-state index contributed by atoms with van der Waals surface area (Å²) in [6.07, 6.45) is 36.5. The second-order valence-corrected chi connectivity index (χ2v) is 14.9. The van der Waals surface area contributed by atoms with Crippen LogP contribution in [0.15, 0.2) is 0 Å². The summed E-state index contributed by atoms with van der Waals surface area (Å²) in [5.74, 6) is -1.18. The summed E-state index contributed by atoms with van der Waals surface area (Å²) in [6, 6.07) is -1.13. The number of carboxylic acids is 1. The number of phosphoric acid groups is 1. The van der Waals surface area contributed by atoms with Gasteiger partial charge in [-0.25, -0.2) is 4.57 Å². The monoisotopic (exact) mass is 726 g/mol. The van der Waals surface area contributed by atoms with Crippen molar-refractivity contribution < 1.29 is 43.4 Å².